The molecule has 19 heavy (non-hydrogen) atoms. The average molecular weight is 272 g/mol. The first-order valence-electron chi connectivity index (χ1n) is 6.54. The zero-order valence-corrected chi connectivity index (χ0v) is 11.6. The second-order valence-electron chi connectivity index (χ2n) is 4.85. The zero-order valence-electron chi connectivity index (χ0n) is 10.8. The first-order chi connectivity index (χ1) is 9.27. The highest BCUT2D eigenvalue weighted by Crippen LogP contribution is 2.35. The molecule has 0 bridgehead atoms. The molecule has 1 amide bonds. The smallest absolute Gasteiger partial charge is 0.264 e. The van der Waals surface area contributed by atoms with Crippen LogP contribution in [-0.4, -0.2) is 21.8 Å². The Hall–Kier alpha value is -1.68. The van der Waals surface area contributed by atoms with Crippen LogP contribution in [0.3, 0.4) is 0 Å². The van der Waals surface area contributed by atoms with Crippen molar-refractivity contribution >= 4 is 17.2 Å². The van der Waals surface area contributed by atoms with E-state index >= 15 is 0 Å². The Morgan fingerprint density at radius 1 is 1.37 bits per heavy atom. The molecule has 1 atom stereocenters. The van der Waals surface area contributed by atoms with Crippen LogP contribution in [0.15, 0.2) is 41.9 Å². The third-order valence-electron chi connectivity index (χ3n) is 3.44. The molecule has 1 aliphatic carbocycles. The first kappa shape index (κ1) is 12.4. The van der Waals surface area contributed by atoms with E-state index in [1.165, 1.54) is 11.3 Å². The van der Waals surface area contributed by atoms with Crippen LogP contribution in [0.1, 0.15) is 41.2 Å². The van der Waals surface area contributed by atoms with Crippen molar-refractivity contribution in [1.29, 1.82) is 0 Å². The molecule has 2 heterocycles. The molecule has 4 heteroatoms. The maximum absolute atomic E-state index is 12.6. The number of hydrogen-bond donors (Lipinski definition) is 0. The Balaban J connectivity index is 1.87. The van der Waals surface area contributed by atoms with Crippen molar-refractivity contribution < 1.29 is 4.79 Å². The third kappa shape index (κ3) is 2.54. The number of rotatable bonds is 4. The van der Waals surface area contributed by atoms with Gasteiger partial charge in [0.15, 0.2) is 0 Å². The van der Waals surface area contributed by atoms with Crippen LogP contribution in [0.25, 0.3) is 0 Å². The molecule has 3 rings (SSSR count). The average Bonchev–Trinajstić information content (AvgIpc) is 3.12. The van der Waals surface area contributed by atoms with Crippen molar-refractivity contribution in [3.8, 4) is 0 Å². The largest absolute Gasteiger partial charge is 0.327 e. The van der Waals surface area contributed by atoms with Gasteiger partial charge in [-0.3, -0.25) is 9.78 Å². The van der Waals surface area contributed by atoms with E-state index in [9.17, 15) is 4.79 Å². The summed E-state index contributed by atoms with van der Waals surface area (Å²) in [7, 11) is 0. The van der Waals surface area contributed by atoms with Gasteiger partial charge in [0.05, 0.1) is 16.6 Å². The summed E-state index contributed by atoms with van der Waals surface area (Å²) in [6.45, 7) is 2.06. The molecule has 98 valence electrons. The molecular weight excluding hydrogens is 256 g/mol. The van der Waals surface area contributed by atoms with Gasteiger partial charge in [0.1, 0.15) is 0 Å². The van der Waals surface area contributed by atoms with Gasteiger partial charge in [-0.05, 0) is 43.3 Å². The SMILES string of the molecule is CC(c1ccccn1)N(C(=O)c1cccs1)C1CC1. The van der Waals surface area contributed by atoms with Gasteiger partial charge in [-0.15, -0.1) is 11.3 Å². The van der Waals surface area contributed by atoms with E-state index in [-0.39, 0.29) is 11.9 Å². The van der Waals surface area contributed by atoms with Crippen molar-refractivity contribution in [2.45, 2.75) is 31.8 Å². The molecule has 0 radical (unpaired) electrons. The van der Waals surface area contributed by atoms with E-state index in [0.29, 0.717) is 6.04 Å². The highest BCUT2D eigenvalue weighted by Gasteiger charge is 2.37. The quantitative estimate of drug-likeness (QED) is 0.853. The first-order valence-corrected chi connectivity index (χ1v) is 7.42. The van der Waals surface area contributed by atoms with Gasteiger partial charge in [-0.1, -0.05) is 12.1 Å². The van der Waals surface area contributed by atoms with Gasteiger partial charge in [-0.2, -0.15) is 0 Å². The molecular formula is C15H16N2OS. The summed E-state index contributed by atoms with van der Waals surface area (Å²) in [5.74, 6) is 0.135. The minimum absolute atomic E-state index is 0.0308. The summed E-state index contributed by atoms with van der Waals surface area (Å²) in [4.78, 5) is 19.8. The van der Waals surface area contributed by atoms with Crippen LogP contribution in [0.2, 0.25) is 0 Å². The number of nitrogens with zero attached hydrogens (tertiary/aromatic N) is 2. The number of pyridine rings is 1. The van der Waals surface area contributed by atoms with Crippen LogP contribution >= 0.6 is 11.3 Å². The number of amides is 1. The standard InChI is InChI=1S/C15H16N2OS/c1-11(13-5-2-3-9-16-13)17(12-7-8-12)15(18)14-6-4-10-19-14/h2-6,9-12H,7-8H2,1H3. The molecule has 1 aliphatic rings. The summed E-state index contributed by atoms with van der Waals surface area (Å²) in [6, 6.07) is 10.1. The third-order valence-corrected chi connectivity index (χ3v) is 4.30. The molecule has 1 saturated carbocycles. The van der Waals surface area contributed by atoms with Crippen molar-refractivity contribution in [3.05, 3.63) is 52.5 Å². The van der Waals surface area contributed by atoms with Crippen LogP contribution < -0.4 is 0 Å². The summed E-state index contributed by atoms with van der Waals surface area (Å²) in [5.41, 5.74) is 0.958. The minimum atomic E-state index is 0.0308. The number of carbonyl (C=O) groups excluding carboxylic acids is 1. The lowest BCUT2D eigenvalue weighted by Gasteiger charge is -2.28. The van der Waals surface area contributed by atoms with Gasteiger partial charge in [0, 0.05) is 12.2 Å². The predicted molar refractivity (Wildman–Crippen MR) is 76.2 cm³/mol. The molecule has 0 saturated heterocycles. The number of thiophene rings is 1. The fraction of sp³-hybridized carbons (Fsp3) is 0.333. The monoisotopic (exact) mass is 272 g/mol. The van der Waals surface area contributed by atoms with E-state index in [2.05, 4.69) is 11.9 Å². The Morgan fingerprint density at radius 3 is 2.79 bits per heavy atom. The van der Waals surface area contributed by atoms with Crippen LogP contribution in [0.4, 0.5) is 0 Å². The summed E-state index contributed by atoms with van der Waals surface area (Å²) < 4.78 is 0. The molecule has 0 aromatic carbocycles. The normalized spacial score (nSPS) is 16.1. The van der Waals surface area contributed by atoms with Gasteiger partial charge in [-0.25, -0.2) is 0 Å². The lowest BCUT2D eigenvalue weighted by molar-refractivity contribution is 0.0675. The Labute approximate surface area is 116 Å². The van der Waals surface area contributed by atoms with Crippen LogP contribution in [0.5, 0.6) is 0 Å². The second-order valence-corrected chi connectivity index (χ2v) is 5.80. The van der Waals surface area contributed by atoms with Gasteiger partial charge < -0.3 is 4.90 Å². The highest BCUT2D eigenvalue weighted by molar-refractivity contribution is 7.12. The lowest BCUT2D eigenvalue weighted by Crippen LogP contribution is -2.35. The highest BCUT2D eigenvalue weighted by atomic mass is 32.1. The fourth-order valence-electron chi connectivity index (χ4n) is 2.30. The lowest BCUT2D eigenvalue weighted by atomic mass is 10.1. The van der Waals surface area contributed by atoms with Gasteiger partial charge >= 0.3 is 0 Å². The van der Waals surface area contributed by atoms with Gasteiger partial charge in [0.25, 0.3) is 5.91 Å². The molecule has 3 nitrogen and oxygen atoms in total. The van der Waals surface area contributed by atoms with Crippen molar-refractivity contribution in [2.75, 3.05) is 0 Å². The minimum Gasteiger partial charge on any atom is -0.327 e. The van der Waals surface area contributed by atoms with E-state index < -0.39 is 0 Å². The van der Waals surface area contributed by atoms with Crippen LogP contribution in [-0.2, 0) is 0 Å². The maximum Gasteiger partial charge on any atom is 0.264 e. The Bertz CT molecular complexity index is 549. The molecule has 2 aromatic heterocycles. The second kappa shape index (κ2) is 5.13. The van der Waals surface area contributed by atoms with E-state index in [4.69, 9.17) is 0 Å². The van der Waals surface area contributed by atoms with Crippen molar-refractivity contribution in [3.63, 3.8) is 0 Å². The number of aromatic nitrogens is 1. The van der Waals surface area contributed by atoms with Crippen molar-refractivity contribution in [2.24, 2.45) is 0 Å². The van der Waals surface area contributed by atoms with Crippen molar-refractivity contribution in [1.82, 2.24) is 9.88 Å². The molecule has 1 unspecified atom stereocenters. The summed E-state index contributed by atoms with van der Waals surface area (Å²) >= 11 is 1.51. The zero-order chi connectivity index (χ0) is 13.2. The topological polar surface area (TPSA) is 33.2 Å². The van der Waals surface area contributed by atoms with E-state index in [1.807, 2.05) is 40.6 Å². The Morgan fingerprint density at radius 2 is 2.21 bits per heavy atom. The van der Waals surface area contributed by atoms with Crippen LogP contribution in [0, 0.1) is 0 Å². The number of hydrogen-bond acceptors (Lipinski definition) is 3. The molecule has 0 aliphatic heterocycles. The maximum atomic E-state index is 12.6. The Kier molecular flexibility index (Phi) is 3.34. The van der Waals surface area contributed by atoms with E-state index in [0.717, 1.165) is 23.4 Å². The molecule has 0 spiro atoms. The molecule has 0 N–H and O–H groups in total. The summed E-state index contributed by atoms with van der Waals surface area (Å²) in [6.07, 6.45) is 4.00. The summed E-state index contributed by atoms with van der Waals surface area (Å²) in [5, 5.41) is 1.95. The molecule has 1 fully saturated rings. The van der Waals surface area contributed by atoms with Gasteiger partial charge in [0.2, 0.25) is 0 Å². The molecule has 2 aromatic rings. The number of carbonyl (C=O) groups is 1. The predicted octanol–water partition coefficient (Wildman–Crippen LogP) is 3.51. The fourth-order valence-corrected chi connectivity index (χ4v) is 2.97. The van der Waals surface area contributed by atoms with E-state index in [1.54, 1.807) is 6.20 Å².